The molecule has 4 heteroatoms. The second-order valence-corrected chi connectivity index (χ2v) is 5.34. The molecule has 1 amide bonds. The van der Waals surface area contributed by atoms with Gasteiger partial charge in [0.15, 0.2) is 0 Å². The number of carbonyl (C=O) groups excluding carboxylic acids is 1. The lowest BCUT2D eigenvalue weighted by Gasteiger charge is -2.19. The van der Waals surface area contributed by atoms with Crippen LogP contribution in [-0.4, -0.2) is 19.1 Å². The van der Waals surface area contributed by atoms with Gasteiger partial charge in [-0.25, -0.2) is 0 Å². The van der Waals surface area contributed by atoms with Crippen LogP contribution in [-0.2, 0) is 4.79 Å². The molecule has 2 unspecified atom stereocenters. The third-order valence-corrected chi connectivity index (χ3v) is 3.39. The first-order chi connectivity index (χ1) is 9.10. The second kappa shape index (κ2) is 6.06. The average molecular weight is 262 g/mol. The summed E-state index contributed by atoms with van der Waals surface area (Å²) in [6, 6.07) is 7.92. The van der Waals surface area contributed by atoms with Crippen molar-refractivity contribution in [3.63, 3.8) is 0 Å². The normalized spacial score (nSPS) is 17.6. The van der Waals surface area contributed by atoms with E-state index in [4.69, 9.17) is 10.5 Å². The molecule has 4 nitrogen and oxygen atoms in total. The van der Waals surface area contributed by atoms with E-state index in [2.05, 4.69) is 5.32 Å². The molecule has 0 aliphatic heterocycles. The number of amides is 1. The second-order valence-electron chi connectivity index (χ2n) is 5.34. The Morgan fingerprint density at radius 2 is 2.05 bits per heavy atom. The molecular weight excluding hydrogens is 240 g/mol. The predicted octanol–water partition coefficient (Wildman–Crippen LogP) is 2.00. The Bertz CT molecular complexity index is 424. The van der Waals surface area contributed by atoms with Gasteiger partial charge in [-0.1, -0.05) is 12.1 Å². The van der Waals surface area contributed by atoms with Crippen LogP contribution in [0.5, 0.6) is 5.75 Å². The summed E-state index contributed by atoms with van der Waals surface area (Å²) in [5, 5.41) is 3.10. The Morgan fingerprint density at radius 1 is 1.42 bits per heavy atom. The number of benzene rings is 1. The third-order valence-electron chi connectivity index (χ3n) is 3.39. The summed E-state index contributed by atoms with van der Waals surface area (Å²) in [6.07, 6.45) is 2.73. The summed E-state index contributed by atoms with van der Waals surface area (Å²) in [5.41, 5.74) is 6.80. The minimum absolute atomic E-state index is 0.0303. The van der Waals surface area contributed by atoms with Gasteiger partial charge in [-0.15, -0.1) is 0 Å². The summed E-state index contributed by atoms with van der Waals surface area (Å²) in [7, 11) is 1.65. The molecule has 1 saturated carbocycles. The van der Waals surface area contributed by atoms with Gasteiger partial charge in [0.25, 0.3) is 0 Å². The fourth-order valence-corrected chi connectivity index (χ4v) is 2.24. The van der Waals surface area contributed by atoms with Crippen molar-refractivity contribution in [3.05, 3.63) is 29.8 Å². The summed E-state index contributed by atoms with van der Waals surface area (Å²) < 4.78 is 5.15. The molecule has 1 aliphatic carbocycles. The first kappa shape index (κ1) is 13.9. The zero-order chi connectivity index (χ0) is 13.8. The fourth-order valence-electron chi connectivity index (χ4n) is 2.24. The molecule has 2 atom stereocenters. The van der Waals surface area contributed by atoms with Crippen molar-refractivity contribution in [1.82, 2.24) is 5.32 Å². The molecular formula is C15H22N2O2. The summed E-state index contributed by atoms with van der Waals surface area (Å²) in [6.45, 7) is 1.85. The van der Waals surface area contributed by atoms with Crippen molar-refractivity contribution >= 4 is 5.91 Å². The molecule has 1 aromatic rings. The predicted molar refractivity (Wildman–Crippen MR) is 74.9 cm³/mol. The van der Waals surface area contributed by atoms with Crippen LogP contribution in [0.3, 0.4) is 0 Å². The molecule has 0 heterocycles. The lowest BCUT2D eigenvalue weighted by molar-refractivity contribution is -0.122. The lowest BCUT2D eigenvalue weighted by Crippen LogP contribution is -2.33. The highest BCUT2D eigenvalue weighted by Gasteiger charge is 2.33. The first-order valence-electron chi connectivity index (χ1n) is 6.79. The summed E-state index contributed by atoms with van der Waals surface area (Å²) in [5.74, 6) is 1.42. The number of methoxy groups -OCH3 is 1. The molecule has 0 bridgehead atoms. The molecule has 0 spiro atoms. The van der Waals surface area contributed by atoms with Crippen LogP contribution in [0.15, 0.2) is 24.3 Å². The first-order valence-corrected chi connectivity index (χ1v) is 6.79. The summed E-state index contributed by atoms with van der Waals surface area (Å²) >= 11 is 0. The maximum atomic E-state index is 11.9. The topological polar surface area (TPSA) is 64.3 Å². The van der Waals surface area contributed by atoms with Crippen molar-refractivity contribution < 1.29 is 9.53 Å². The number of nitrogens with one attached hydrogen (secondary N) is 1. The Kier molecular flexibility index (Phi) is 4.43. The lowest BCUT2D eigenvalue weighted by atomic mass is 10.0. The minimum atomic E-state index is -0.101. The van der Waals surface area contributed by atoms with Crippen LogP contribution in [0.25, 0.3) is 0 Å². The van der Waals surface area contributed by atoms with E-state index in [0.29, 0.717) is 12.3 Å². The van der Waals surface area contributed by atoms with E-state index in [1.807, 2.05) is 31.2 Å². The molecule has 3 N–H and O–H groups in total. The number of rotatable bonds is 6. The van der Waals surface area contributed by atoms with Crippen LogP contribution in [0, 0.1) is 5.92 Å². The van der Waals surface area contributed by atoms with Crippen molar-refractivity contribution in [2.45, 2.75) is 38.3 Å². The van der Waals surface area contributed by atoms with E-state index >= 15 is 0 Å². The van der Waals surface area contributed by atoms with Crippen molar-refractivity contribution in [2.75, 3.05) is 7.11 Å². The largest absolute Gasteiger partial charge is 0.497 e. The maximum Gasteiger partial charge on any atom is 0.222 e. The summed E-state index contributed by atoms with van der Waals surface area (Å²) in [4.78, 5) is 11.9. The highest BCUT2D eigenvalue weighted by atomic mass is 16.5. The molecule has 1 aliphatic rings. The van der Waals surface area contributed by atoms with Crippen LogP contribution in [0.4, 0.5) is 0 Å². The van der Waals surface area contributed by atoms with Crippen molar-refractivity contribution in [1.29, 1.82) is 0 Å². The third kappa shape index (κ3) is 3.96. The molecule has 19 heavy (non-hydrogen) atoms. The molecule has 104 valence electrons. The zero-order valence-corrected chi connectivity index (χ0v) is 11.6. The van der Waals surface area contributed by atoms with Crippen molar-refractivity contribution in [2.24, 2.45) is 11.7 Å². The van der Waals surface area contributed by atoms with E-state index in [9.17, 15) is 4.79 Å². The number of hydrogen-bond donors (Lipinski definition) is 2. The van der Waals surface area contributed by atoms with E-state index < -0.39 is 0 Å². The number of nitrogens with two attached hydrogens (primary N) is 1. The Morgan fingerprint density at radius 3 is 2.53 bits per heavy atom. The molecule has 2 rings (SSSR count). The van der Waals surface area contributed by atoms with E-state index in [1.165, 1.54) is 12.8 Å². The molecule has 0 radical (unpaired) electrons. The number of ether oxygens (including phenoxy) is 1. The average Bonchev–Trinajstić information content (AvgIpc) is 3.19. The highest BCUT2D eigenvalue weighted by Crippen LogP contribution is 2.41. The van der Waals surface area contributed by atoms with Gasteiger partial charge in [-0.05, 0) is 43.4 Å². The standard InChI is InChI=1S/C15H22N2O2/c1-10(16)9-14(18)17-15(11-3-4-11)12-5-7-13(19-2)8-6-12/h5-8,10-11,15H,3-4,9,16H2,1-2H3,(H,17,18). The van der Waals surface area contributed by atoms with Gasteiger partial charge in [-0.3, -0.25) is 4.79 Å². The Hall–Kier alpha value is -1.55. The van der Waals surface area contributed by atoms with Gasteiger partial charge in [-0.2, -0.15) is 0 Å². The fraction of sp³-hybridized carbons (Fsp3) is 0.533. The van der Waals surface area contributed by atoms with Gasteiger partial charge in [0.1, 0.15) is 5.75 Å². The highest BCUT2D eigenvalue weighted by molar-refractivity contribution is 5.77. The van der Waals surface area contributed by atoms with Gasteiger partial charge in [0, 0.05) is 12.5 Å². The quantitative estimate of drug-likeness (QED) is 0.824. The Balaban J connectivity index is 2.04. The molecule has 0 saturated heterocycles. The Labute approximate surface area is 114 Å². The number of hydrogen-bond acceptors (Lipinski definition) is 3. The van der Waals surface area contributed by atoms with Crippen LogP contribution in [0.1, 0.15) is 37.8 Å². The SMILES string of the molecule is COc1ccc(C(NC(=O)CC(C)N)C2CC2)cc1. The minimum Gasteiger partial charge on any atom is -0.497 e. The van der Waals surface area contributed by atoms with Crippen LogP contribution in [0.2, 0.25) is 0 Å². The van der Waals surface area contributed by atoms with E-state index in [0.717, 1.165) is 11.3 Å². The molecule has 1 fully saturated rings. The van der Waals surface area contributed by atoms with E-state index in [-0.39, 0.29) is 18.0 Å². The van der Waals surface area contributed by atoms with Gasteiger partial charge in [0.05, 0.1) is 13.2 Å². The number of carbonyl (C=O) groups is 1. The van der Waals surface area contributed by atoms with Crippen LogP contribution < -0.4 is 15.8 Å². The zero-order valence-electron chi connectivity index (χ0n) is 11.6. The van der Waals surface area contributed by atoms with Gasteiger partial charge in [0.2, 0.25) is 5.91 Å². The smallest absolute Gasteiger partial charge is 0.222 e. The molecule has 1 aromatic carbocycles. The van der Waals surface area contributed by atoms with Crippen molar-refractivity contribution in [3.8, 4) is 5.75 Å². The maximum absolute atomic E-state index is 11.9. The van der Waals surface area contributed by atoms with E-state index in [1.54, 1.807) is 7.11 Å². The van der Waals surface area contributed by atoms with Gasteiger partial charge < -0.3 is 15.8 Å². The van der Waals surface area contributed by atoms with Crippen LogP contribution >= 0.6 is 0 Å². The van der Waals surface area contributed by atoms with Gasteiger partial charge >= 0.3 is 0 Å². The monoisotopic (exact) mass is 262 g/mol. The molecule has 0 aromatic heterocycles.